The van der Waals surface area contributed by atoms with Crippen LogP contribution < -0.4 is 4.31 Å². The van der Waals surface area contributed by atoms with E-state index in [4.69, 9.17) is 0 Å². The summed E-state index contributed by atoms with van der Waals surface area (Å²) in [6, 6.07) is 7.32. The molecule has 5 nitrogen and oxygen atoms in total. The van der Waals surface area contributed by atoms with Crippen molar-refractivity contribution in [2.45, 2.75) is 42.9 Å². The van der Waals surface area contributed by atoms with Crippen LogP contribution in [0, 0.1) is 0 Å². The molecule has 1 heterocycles. The molecule has 2 aromatic rings. The molecule has 22 heavy (non-hydrogen) atoms. The van der Waals surface area contributed by atoms with Gasteiger partial charge in [-0.3, -0.25) is 0 Å². The van der Waals surface area contributed by atoms with E-state index in [-0.39, 0.29) is 0 Å². The summed E-state index contributed by atoms with van der Waals surface area (Å²) in [6.07, 6.45) is 6.26. The van der Waals surface area contributed by atoms with Gasteiger partial charge in [0.05, 0.1) is 4.90 Å². The molecule has 0 saturated heterocycles. The van der Waals surface area contributed by atoms with Gasteiger partial charge in [-0.1, -0.05) is 42.7 Å². The lowest BCUT2D eigenvalue weighted by atomic mass is 9.84. The minimum absolute atomic E-state index is 0.296. The molecule has 1 aliphatic carbocycles. The minimum atomic E-state index is -3.57. The zero-order valence-corrected chi connectivity index (χ0v) is 14.1. The number of anilines is 1. The summed E-state index contributed by atoms with van der Waals surface area (Å²) in [5.41, 5.74) is 2.77. The number of rotatable bonds is 4. The summed E-state index contributed by atoms with van der Waals surface area (Å²) in [6.45, 7) is 0. The molecule has 0 bridgehead atoms. The minimum Gasteiger partial charge on any atom is -0.243 e. The first-order chi connectivity index (χ1) is 10.6. The molecule has 0 radical (unpaired) electrons. The van der Waals surface area contributed by atoms with E-state index in [1.807, 2.05) is 12.1 Å². The lowest BCUT2D eigenvalue weighted by molar-refractivity contribution is 0.443. The van der Waals surface area contributed by atoms with Crippen LogP contribution in [-0.2, 0) is 10.0 Å². The Hall–Kier alpha value is -1.47. The molecule has 0 atom stereocenters. The summed E-state index contributed by atoms with van der Waals surface area (Å²) in [4.78, 5) is 0.296. The summed E-state index contributed by atoms with van der Waals surface area (Å²) < 4.78 is 26.3. The van der Waals surface area contributed by atoms with E-state index < -0.39 is 10.0 Å². The quantitative estimate of drug-likeness (QED) is 0.857. The van der Waals surface area contributed by atoms with E-state index in [1.54, 1.807) is 12.1 Å². The van der Waals surface area contributed by atoms with Gasteiger partial charge in [-0.05, 0) is 36.5 Å². The third kappa shape index (κ3) is 3.01. The molecular formula is C15H19N3O2S2. The number of nitrogens with zero attached hydrogens (tertiary/aromatic N) is 3. The number of aromatic nitrogens is 2. The first-order valence-corrected chi connectivity index (χ1v) is 9.76. The summed E-state index contributed by atoms with van der Waals surface area (Å²) in [7, 11) is -2.06. The maximum atomic E-state index is 12.6. The van der Waals surface area contributed by atoms with Gasteiger partial charge in [0.2, 0.25) is 5.13 Å². The van der Waals surface area contributed by atoms with Gasteiger partial charge in [0.25, 0.3) is 10.0 Å². The van der Waals surface area contributed by atoms with Gasteiger partial charge >= 0.3 is 0 Å². The predicted molar refractivity (Wildman–Crippen MR) is 87.8 cm³/mol. The maximum Gasteiger partial charge on any atom is 0.265 e. The smallest absolute Gasteiger partial charge is 0.243 e. The lowest BCUT2D eigenvalue weighted by Crippen LogP contribution is -2.26. The van der Waals surface area contributed by atoms with Crippen LogP contribution in [0.3, 0.4) is 0 Å². The molecule has 1 aliphatic rings. The second kappa shape index (κ2) is 6.34. The molecule has 1 aromatic heterocycles. The molecule has 0 spiro atoms. The molecule has 0 aliphatic heterocycles. The van der Waals surface area contributed by atoms with Crippen LogP contribution in [0.25, 0.3) is 0 Å². The lowest BCUT2D eigenvalue weighted by Gasteiger charge is -2.22. The number of benzene rings is 1. The van der Waals surface area contributed by atoms with Crippen LogP contribution >= 0.6 is 11.3 Å². The highest BCUT2D eigenvalue weighted by molar-refractivity contribution is 7.93. The molecule has 1 saturated carbocycles. The van der Waals surface area contributed by atoms with E-state index in [9.17, 15) is 8.42 Å². The van der Waals surface area contributed by atoms with Gasteiger partial charge in [0, 0.05) is 7.05 Å². The Balaban J connectivity index is 1.82. The summed E-state index contributed by atoms with van der Waals surface area (Å²) >= 11 is 1.20. The monoisotopic (exact) mass is 337 g/mol. The molecule has 1 aromatic carbocycles. The third-order valence-corrected chi connectivity index (χ3v) is 6.88. The van der Waals surface area contributed by atoms with Gasteiger partial charge in [-0.15, -0.1) is 10.2 Å². The van der Waals surface area contributed by atoms with E-state index in [2.05, 4.69) is 10.2 Å². The van der Waals surface area contributed by atoms with Crippen molar-refractivity contribution in [2.24, 2.45) is 0 Å². The normalized spacial score (nSPS) is 16.6. The SMILES string of the molecule is CN(c1nncs1)S(=O)(=O)c1ccc(C2CCCCC2)cc1. The highest BCUT2D eigenvalue weighted by atomic mass is 32.2. The second-order valence-electron chi connectivity index (χ2n) is 5.60. The van der Waals surface area contributed by atoms with Gasteiger partial charge in [0.15, 0.2) is 0 Å². The Bertz CT molecular complexity index is 706. The summed E-state index contributed by atoms with van der Waals surface area (Å²) in [5, 5.41) is 7.87. The molecule has 118 valence electrons. The van der Waals surface area contributed by atoms with Gasteiger partial charge in [0.1, 0.15) is 5.51 Å². The zero-order valence-electron chi connectivity index (χ0n) is 12.5. The van der Waals surface area contributed by atoms with E-state index in [0.29, 0.717) is 15.9 Å². The topological polar surface area (TPSA) is 63.2 Å². The largest absolute Gasteiger partial charge is 0.265 e. The van der Waals surface area contributed by atoms with E-state index >= 15 is 0 Å². The molecule has 0 amide bonds. The first-order valence-electron chi connectivity index (χ1n) is 7.44. The molecule has 1 fully saturated rings. The van der Waals surface area contributed by atoms with Crippen LogP contribution in [0.4, 0.5) is 5.13 Å². The van der Waals surface area contributed by atoms with Gasteiger partial charge in [-0.25, -0.2) is 12.7 Å². The highest BCUT2D eigenvalue weighted by Crippen LogP contribution is 2.33. The van der Waals surface area contributed by atoms with Gasteiger partial charge < -0.3 is 0 Å². The van der Waals surface area contributed by atoms with E-state index in [1.165, 1.54) is 65.9 Å². The van der Waals surface area contributed by atoms with Crippen LogP contribution in [-0.4, -0.2) is 25.7 Å². The number of sulfonamides is 1. The average Bonchev–Trinajstić information content (AvgIpc) is 3.09. The Morgan fingerprint density at radius 1 is 1.14 bits per heavy atom. The number of hydrogen-bond acceptors (Lipinski definition) is 5. The van der Waals surface area contributed by atoms with Crippen LogP contribution in [0.5, 0.6) is 0 Å². The Labute approximate surface area is 135 Å². The molecular weight excluding hydrogens is 318 g/mol. The molecule has 3 rings (SSSR count). The Morgan fingerprint density at radius 3 is 2.41 bits per heavy atom. The number of hydrogen-bond donors (Lipinski definition) is 0. The fourth-order valence-corrected chi connectivity index (χ4v) is 4.81. The molecule has 0 N–H and O–H groups in total. The Kier molecular flexibility index (Phi) is 4.44. The Morgan fingerprint density at radius 2 is 1.82 bits per heavy atom. The average molecular weight is 337 g/mol. The van der Waals surface area contributed by atoms with E-state index in [0.717, 1.165) is 0 Å². The maximum absolute atomic E-state index is 12.6. The second-order valence-corrected chi connectivity index (χ2v) is 8.38. The fourth-order valence-electron chi connectivity index (χ4n) is 2.91. The van der Waals surface area contributed by atoms with Crippen molar-refractivity contribution in [3.63, 3.8) is 0 Å². The van der Waals surface area contributed by atoms with Gasteiger partial charge in [-0.2, -0.15) is 0 Å². The van der Waals surface area contributed by atoms with Crippen LogP contribution in [0.2, 0.25) is 0 Å². The van der Waals surface area contributed by atoms with Crippen molar-refractivity contribution in [1.29, 1.82) is 0 Å². The van der Waals surface area contributed by atoms with Crippen LogP contribution in [0.15, 0.2) is 34.7 Å². The summed E-state index contributed by atoms with van der Waals surface area (Å²) in [5.74, 6) is 0.575. The standard InChI is InChI=1S/C15H19N3O2S2/c1-18(15-17-16-11-21-15)22(19,20)14-9-7-13(8-10-14)12-5-3-2-4-6-12/h7-12H,2-6H2,1H3. The van der Waals surface area contributed by atoms with Crippen LogP contribution in [0.1, 0.15) is 43.6 Å². The van der Waals surface area contributed by atoms with Crippen molar-refractivity contribution >= 4 is 26.5 Å². The van der Waals surface area contributed by atoms with Crippen molar-refractivity contribution in [3.8, 4) is 0 Å². The molecule has 7 heteroatoms. The highest BCUT2D eigenvalue weighted by Gasteiger charge is 2.24. The first kappa shape index (κ1) is 15.4. The van der Waals surface area contributed by atoms with Crippen molar-refractivity contribution in [2.75, 3.05) is 11.4 Å². The fraction of sp³-hybridized carbons (Fsp3) is 0.467. The third-order valence-electron chi connectivity index (χ3n) is 4.23. The zero-order chi connectivity index (χ0) is 15.6. The predicted octanol–water partition coefficient (Wildman–Crippen LogP) is 3.41. The molecule has 0 unspecified atom stereocenters. The van der Waals surface area contributed by atoms with Crippen molar-refractivity contribution < 1.29 is 8.42 Å². The van der Waals surface area contributed by atoms with Crippen molar-refractivity contribution in [1.82, 2.24) is 10.2 Å². The van der Waals surface area contributed by atoms with Crippen molar-refractivity contribution in [3.05, 3.63) is 35.3 Å².